The molecule has 0 aliphatic heterocycles. The lowest BCUT2D eigenvalue weighted by Crippen LogP contribution is -2.55. The molecule has 0 spiro atoms. The smallest absolute Gasteiger partial charge is 0.306 e. The van der Waals surface area contributed by atoms with Crippen LogP contribution in [-0.2, 0) is 9.53 Å². The van der Waals surface area contributed by atoms with E-state index >= 15 is 0 Å². The summed E-state index contributed by atoms with van der Waals surface area (Å²) in [6.07, 6.45) is 35.8. The number of fused-ring (bicyclic) bond motifs is 5. The Kier molecular flexibility index (Phi) is 16.1. The van der Waals surface area contributed by atoms with Crippen LogP contribution in [-0.4, -0.2) is 23.3 Å². The minimum absolute atomic E-state index is 0.0112. The first kappa shape index (κ1) is 39.7. The van der Waals surface area contributed by atoms with E-state index in [2.05, 4.69) is 59.8 Å². The number of esters is 1. The Labute approximate surface area is 297 Å². The molecule has 276 valence electrons. The second-order valence-corrected chi connectivity index (χ2v) is 18.1. The van der Waals surface area contributed by atoms with E-state index in [1.54, 1.807) is 0 Å². The fourth-order valence-electron chi connectivity index (χ4n) is 11.3. The third-order valence-corrected chi connectivity index (χ3v) is 14.2. The lowest BCUT2D eigenvalue weighted by atomic mass is 9.46. The summed E-state index contributed by atoms with van der Waals surface area (Å²) in [4.78, 5) is 13.4. The Morgan fingerprint density at radius 3 is 2.19 bits per heavy atom. The number of aliphatic hydroxyl groups is 1. The first-order valence-electron chi connectivity index (χ1n) is 21.3. The number of hydrogen-bond acceptors (Lipinski definition) is 3. The molecular formula is C45H78O3. The normalized spacial score (nSPS) is 33.7. The molecule has 48 heavy (non-hydrogen) atoms. The van der Waals surface area contributed by atoms with E-state index in [9.17, 15) is 9.90 Å². The number of carbonyl (C=O) groups excluding carboxylic acids is 1. The molecule has 3 heteroatoms. The van der Waals surface area contributed by atoms with E-state index in [1.807, 2.05) is 0 Å². The quantitative estimate of drug-likeness (QED) is 0.0753. The summed E-state index contributed by atoms with van der Waals surface area (Å²) >= 11 is 0. The first-order chi connectivity index (χ1) is 23.1. The van der Waals surface area contributed by atoms with Crippen molar-refractivity contribution in [3.8, 4) is 0 Å². The van der Waals surface area contributed by atoms with Crippen LogP contribution in [0.3, 0.4) is 0 Å². The Morgan fingerprint density at radius 2 is 1.50 bits per heavy atom. The lowest BCUT2D eigenvalue weighted by molar-refractivity contribution is -0.161. The number of ether oxygens (including phenoxy) is 1. The zero-order chi connectivity index (χ0) is 34.6. The monoisotopic (exact) mass is 667 g/mol. The highest BCUT2D eigenvalue weighted by molar-refractivity contribution is 5.69. The van der Waals surface area contributed by atoms with Gasteiger partial charge in [0.1, 0.15) is 6.10 Å². The van der Waals surface area contributed by atoms with Crippen LogP contribution < -0.4 is 0 Å². The molecule has 3 saturated carbocycles. The average Bonchev–Trinajstić information content (AvgIpc) is 3.40. The summed E-state index contributed by atoms with van der Waals surface area (Å²) in [7, 11) is 0. The van der Waals surface area contributed by atoms with Crippen LogP contribution in [0, 0.1) is 46.3 Å². The average molecular weight is 667 g/mol. The standard InChI is InChI=1S/C45H78O3/c1-7-8-9-10-11-12-13-14-15-16-17-18-19-20-21-25-42(47)48-41-33-36-32-37(46)28-30-44(36,5)40-29-31-45(6)38(26-27-39(45)43(40)41)35(4)24-22-23-34(2)3/h14-15,33-35,37-41,43,46H,7-13,16-32H2,1-6H3/b15-14+/t35?,37-,38+,39?,40?,41-,43?,44-,45+/m0/s1. The molecule has 3 fully saturated rings. The Balaban J connectivity index is 1.27. The zero-order valence-electron chi connectivity index (χ0n) is 32.6. The molecular weight excluding hydrogens is 588 g/mol. The Morgan fingerprint density at radius 1 is 0.833 bits per heavy atom. The van der Waals surface area contributed by atoms with Crippen molar-refractivity contribution < 1.29 is 14.6 Å². The third kappa shape index (κ3) is 10.5. The molecule has 0 amide bonds. The van der Waals surface area contributed by atoms with E-state index in [4.69, 9.17) is 4.74 Å². The maximum Gasteiger partial charge on any atom is 0.306 e. The number of aliphatic hydroxyl groups excluding tert-OH is 1. The van der Waals surface area contributed by atoms with Crippen molar-refractivity contribution in [3.63, 3.8) is 0 Å². The number of rotatable bonds is 21. The van der Waals surface area contributed by atoms with Gasteiger partial charge in [-0.15, -0.1) is 0 Å². The molecule has 0 saturated heterocycles. The molecule has 3 nitrogen and oxygen atoms in total. The molecule has 4 rings (SSSR count). The van der Waals surface area contributed by atoms with E-state index in [-0.39, 0.29) is 23.6 Å². The van der Waals surface area contributed by atoms with E-state index < -0.39 is 0 Å². The van der Waals surface area contributed by atoms with Gasteiger partial charge in [0, 0.05) is 12.3 Å². The number of hydrogen-bond donors (Lipinski definition) is 1. The van der Waals surface area contributed by atoms with Crippen LogP contribution in [0.4, 0.5) is 0 Å². The first-order valence-corrected chi connectivity index (χ1v) is 21.3. The molecule has 0 radical (unpaired) electrons. The summed E-state index contributed by atoms with van der Waals surface area (Å²) in [5.41, 5.74) is 1.89. The third-order valence-electron chi connectivity index (χ3n) is 14.2. The van der Waals surface area contributed by atoms with Gasteiger partial charge in [-0.3, -0.25) is 4.79 Å². The second-order valence-electron chi connectivity index (χ2n) is 18.1. The Hall–Kier alpha value is -1.09. The minimum Gasteiger partial charge on any atom is -0.458 e. The van der Waals surface area contributed by atoms with Gasteiger partial charge >= 0.3 is 5.97 Å². The predicted molar refractivity (Wildman–Crippen MR) is 204 cm³/mol. The fraction of sp³-hybridized carbons (Fsp3) is 0.889. The number of carbonyl (C=O) groups is 1. The van der Waals surface area contributed by atoms with Crippen molar-refractivity contribution in [3.05, 3.63) is 23.8 Å². The van der Waals surface area contributed by atoms with Gasteiger partial charge in [-0.2, -0.15) is 0 Å². The summed E-state index contributed by atoms with van der Waals surface area (Å²) in [6, 6.07) is 0. The molecule has 9 atom stereocenters. The van der Waals surface area contributed by atoms with Crippen molar-refractivity contribution in [1.29, 1.82) is 0 Å². The van der Waals surface area contributed by atoms with Crippen LogP contribution in [0.1, 0.15) is 196 Å². The van der Waals surface area contributed by atoms with Gasteiger partial charge in [-0.25, -0.2) is 0 Å². The highest BCUT2D eigenvalue weighted by atomic mass is 16.5. The maximum absolute atomic E-state index is 13.4. The van der Waals surface area contributed by atoms with Gasteiger partial charge in [0.2, 0.25) is 0 Å². The Bertz CT molecular complexity index is 1010. The van der Waals surface area contributed by atoms with Crippen molar-refractivity contribution in [2.45, 2.75) is 208 Å². The zero-order valence-corrected chi connectivity index (χ0v) is 32.6. The van der Waals surface area contributed by atoms with Gasteiger partial charge in [-0.05, 0) is 124 Å². The topological polar surface area (TPSA) is 46.5 Å². The van der Waals surface area contributed by atoms with Crippen molar-refractivity contribution >= 4 is 5.97 Å². The number of allylic oxidation sites excluding steroid dienone is 2. The lowest BCUT2D eigenvalue weighted by Gasteiger charge is -2.59. The largest absolute Gasteiger partial charge is 0.458 e. The van der Waals surface area contributed by atoms with Crippen LogP contribution in [0.5, 0.6) is 0 Å². The minimum atomic E-state index is -0.246. The molecule has 4 unspecified atom stereocenters. The van der Waals surface area contributed by atoms with Crippen LogP contribution in [0.25, 0.3) is 0 Å². The van der Waals surface area contributed by atoms with Crippen molar-refractivity contribution in [2.75, 3.05) is 0 Å². The summed E-state index contributed by atoms with van der Waals surface area (Å²) in [5, 5.41) is 10.7. The van der Waals surface area contributed by atoms with E-state index in [0.29, 0.717) is 29.6 Å². The highest BCUT2D eigenvalue weighted by Gasteiger charge is 2.62. The van der Waals surface area contributed by atoms with Gasteiger partial charge in [0.25, 0.3) is 0 Å². The van der Waals surface area contributed by atoms with Crippen LogP contribution >= 0.6 is 0 Å². The van der Waals surface area contributed by atoms with Gasteiger partial charge in [0.15, 0.2) is 0 Å². The SMILES string of the molecule is CCCCCCCC/C=C/CCCCCCCC(=O)O[C@H]1C=C2C[C@@H](O)CC[C@]2(C)C2CC[C@@]3(C)C(CC[C@@H]3C(C)CCCC(C)C)C21. The highest BCUT2D eigenvalue weighted by Crippen LogP contribution is 2.67. The molecule has 0 aromatic rings. The van der Waals surface area contributed by atoms with Crippen molar-refractivity contribution in [1.82, 2.24) is 0 Å². The van der Waals surface area contributed by atoms with Crippen LogP contribution in [0.2, 0.25) is 0 Å². The number of unbranched alkanes of at least 4 members (excludes halogenated alkanes) is 11. The maximum atomic E-state index is 13.4. The molecule has 0 heterocycles. The molecule has 0 bridgehead atoms. The molecule has 0 aromatic heterocycles. The molecule has 4 aliphatic rings. The molecule has 0 aromatic carbocycles. The van der Waals surface area contributed by atoms with Crippen LogP contribution in [0.15, 0.2) is 23.8 Å². The van der Waals surface area contributed by atoms with E-state index in [1.165, 1.54) is 121 Å². The fourth-order valence-corrected chi connectivity index (χ4v) is 11.3. The summed E-state index contributed by atoms with van der Waals surface area (Å²) in [5.74, 6) is 3.99. The van der Waals surface area contributed by atoms with Crippen molar-refractivity contribution in [2.24, 2.45) is 46.3 Å². The summed E-state index contributed by atoms with van der Waals surface area (Å²) in [6.45, 7) is 14.7. The molecule has 4 aliphatic carbocycles. The predicted octanol–water partition coefficient (Wildman–Crippen LogP) is 12.9. The second kappa shape index (κ2) is 19.5. The van der Waals surface area contributed by atoms with Gasteiger partial charge < -0.3 is 9.84 Å². The van der Waals surface area contributed by atoms with Gasteiger partial charge in [0.05, 0.1) is 6.10 Å². The van der Waals surface area contributed by atoms with Gasteiger partial charge in [-0.1, -0.05) is 130 Å². The molecule has 1 N–H and O–H groups in total. The summed E-state index contributed by atoms with van der Waals surface area (Å²) < 4.78 is 6.54. The van der Waals surface area contributed by atoms with E-state index in [0.717, 1.165) is 49.9 Å².